The minimum Gasteiger partial charge on any atom is -0.481 e. The van der Waals surface area contributed by atoms with Crippen LogP contribution in [0.4, 0.5) is 5.82 Å². The molecule has 3 rings (SSSR count). The minimum absolute atomic E-state index is 0.00152. The first-order valence-electron chi connectivity index (χ1n) is 22.2. The number of unbranched alkanes of at least 4 members (excludes halogenated alkanes) is 1. The van der Waals surface area contributed by atoms with Gasteiger partial charge in [0.1, 0.15) is 36.3 Å². The first kappa shape index (κ1) is 62.9. The molecule has 0 spiro atoms. The number of aliphatic hydroxyl groups excluding tert-OH is 4. The molecule has 2 amide bonds. The second-order valence-corrected chi connectivity index (χ2v) is 21.8. The predicted molar refractivity (Wildman–Crippen MR) is 260 cm³/mol. The molecule has 73 heavy (non-hydrogen) atoms. The third kappa shape index (κ3) is 23.8. The standard InChI is InChI=1S/C41H62N7O21P3S/c1-41(2,24-66-72(63,64)69-71(61,62)65-23-29-35(68-70(58,59)60)34(55)40(67-29)48-26-47-33-37(42)45-25-46-38(33)48)36(56)39(57)44-20-19-30(51)43-21-22-73-32(54)18-11-5-3-4-8-13-27(49)14-9-6-7-10-15-28(50)16-12-17-31(52)53/h4,6-11,14-15,18,25-29,34-36,40,49-50,55-56H,3,5,12-13,16-17,19-24H2,1-2H3,(H,43,51)(H,44,57)(H,52,53)(H,61,62)(H,63,64)(H2,42,45,46)(H2,58,59,60)/b7-6+,8-4+,14-9+,15-10+,18-11+. The highest BCUT2D eigenvalue weighted by atomic mass is 32.2. The number of aliphatic carboxylic acids is 1. The number of rotatable bonds is 33. The van der Waals surface area contributed by atoms with Crippen LogP contribution in [0.1, 0.15) is 65.0 Å². The van der Waals surface area contributed by atoms with E-state index in [-0.39, 0.29) is 53.8 Å². The molecule has 9 unspecified atom stereocenters. The van der Waals surface area contributed by atoms with Gasteiger partial charge >= 0.3 is 29.4 Å². The molecule has 0 saturated carbocycles. The number of nitrogens with one attached hydrogen (secondary N) is 2. The molecule has 28 nitrogen and oxygen atoms in total. The van der Waals surface area contributed by atoms with E-state index < -0.39 is 103 Å². The Bertz CT molecular complexity index is 2450. The van der Waals surface area contributed by atoms with Gasteiger partial charge in [0.15, 0.2) is 17.7 Å². The van der Waals surface area contributed by atoms with Gasteiger partial charge in [-0.25, -0.2) is 28.6 Å². The van der Waals surface area contributed by atoms with Gasteiger partial charge in [-0.2, -0.15) is 4.31 Å². The Hall–Kier alpha value is -4.35. The summed E-state index contributed by atoms with van der Waals surface area (Å²) in [6.07, 6.45) is 10.4. The Balaban J connectivity index is 1.31. The number of allylic oxidation sites excluding steroid dienone is 6. The smallest absolute Gasteiger partial charge is 0.481 e. The Labute approximate surface area is 422 Å². The topological polar surface area (TPSA) is 441 Å². The second-order valence-electron chi connectivity index (χ2n) is 16.5. The first-order valence-corrected chi connectivity index (χ1v) is 27.7. The van der Waals surface area contributed by atoms with Gasteiger partial charge in [-0.1, -0.05) is 80.3 Å². The summed E-state index contributed by atoms with van der Waals surface area (Å²) >= 11 is 0.973. The number of imidazole rings is 1. The molecule has 13 N–H and O–H groups in total. The lowest BCUT2D eigenvalue weighted by atomic mass is 9.87. The molecule has 2 aromatic rings. The van der Waals surface area contributed by atoms with Gasteiger partial charge < -0.3 is 66.2 Å². The number of amides is 2. The van der Waals surface area contributed by atoms with Crippen LogP contribution in [0.15, 0.2) is 73.4 Å². The summed E-state index contributed by atoms with van der Waals surface area (Å²) in [6, 6.07) is 0. The largest absolute Gasteiger partial charge is 0.481 e. The summed E-state index contributed by atoms with van der Waals surface area (Å²) in [6.45, 7) is 0.293. The molecule has 32 heteroatoms. The fourth-order valence-electron chi connectivity index (χ4n) is 6.21. The Morgan fingerprint density at radius 3 is 2.26 bits per heavy atom. The van der Waals surface area contributed by atoms with E-state index in [1.165, 1.54) is 19.9 Å². The Kier molecular flexibility index (Phi) is 26.1. The average Bonchev–Trinajstić information content (AvgIpc) is 3.86. The lowest BCUT2D eigenvalue weighted by molar-refractivity contribution is -0.138. The molecular weight excluding hydrogens is 1050 g/mol. The van der Waals surface area contributed by atoms with Crippen LogP contribution in [0.5, 0.6) is 0 Å². The van der Waals surface area contributed by atoms with Crippen molar-refractivity contribution in [2.45, 2.75) is 102 Å². The maximum Gasteiger partial charge on any atom is 0.481 e. The third-order valence-corrected chi connectivity index (χ3v) is 13.9. The van der Waals surface area contributed by atoms with Crippen molar-refractivity contribution in [2.75, 3.05) is 37.8 Å². The van der Waals surface area contributed by atoms with Crippen LogP contribution in [0.2, 0.25) is 0 Å². The van der Waals surface area contributed by atoms with Gasteiger partial charge in [0.2, 0.25) is 16.9 Å². The summed E-state index contributed by atoms with van der Waals surface area (Å²) < 4.78 is 62.4. The molecule has 0 aliphatic carbocycles. The summed E-state index contributed by atoms with van der Waals surface area (Å²) in [5.41, 5.74) is 4.21. The van der Waals surface area contributed by atoms with Crippen molar-refractivity contribution < 1.29 is 101 Å². The van der Waals surface area contributed by atoms with Crippen molar-refractivity contribution in [3.63, 3.8) is 0 Å². The van der Waals surface area contributed by atoms with Crippen LogP contribution in [-0.4, -0.2) is 156 Å². The van der Waals surface area contributed by atoms with Crippen molar-refractivity contribution in [1.82, 2.24) is 30.2 Å². The molecule has 1 fully saturated rings. The van der Waals surface area contributed by atoms with Crippen molar-refractivity contribution in [2.24, 2.45) is 5.41 Å². The first-order chi connectivity index (χ1) is 34.2. The quantitative estimate of drug-likeness (QED) is 0.0159. The van der Waals surface area contributed by atoms with Crippen molar-refractivity contribution in [3.05, 3.63) is 73.4 Å². The number of nitrogens with two attached hydrogens (primary N) is 1. The van der Waals surface area contributed by atoms with E-state index >= 15 is 0 Å². The lowest BCUT2D eigenvalue weighted by Gasteiger charge is -2.30. The molecule has 0 bridgehead atoms. The number of aliphatic hydroxyl groups is 4. The molecule has 3 heterocycles. The lowest BCUT2D eigenvalue weighted by Crippen LogP contribution is -2.46. The summed E-state index contributed by atoms with van der Waals surface area (Å²) in [5, 5.41) is 54.7. The summed E-state index contributed by atoms with van der Waals surface area (Å²) in [5.74, 6) is -2.20. The number of ether oxygens (including phenoxy) is 1. The number of aromatic nitrogens is 4. The van der Waals surface area contributed by atoms with Crippen LogP contribution < -0.4 is 16.4 Å². The minimum atomic E-state index is -5.60. The molecule has 0 aromatic carbocycles. The van der Waals surface area contributed by atoms with Gasteiger partial charge in [0, 0.05) is 37.1 Å². The van der Waals surface area contributed by atoms with Gasteiger partial charge in [0.05, 0.1) is 31.7 Å². The van der Waals surface area contributed by atoms with E-state index in [9.17, 15) is 72.9 Å². The number of carbonyl (C=O) groups is 4. The number of phosphoric acid groups is 3. The van der Waals surface area contributed by atoms with E-state index in [1.807, 2.05) is 12.2 Å². The molecule has 1 aliphatic rings. The van der Waals surface area contributed by atoms with E-state index in [4.69, 9.17) is 24.6 Å². The number of anilines is 1. The predicted octanol–water partition coefficient (Wildman–Crippen LogP) is 1.59. The highest BCUT2D eigenvalue weighted by Gasteiger charge is 2.50. The van der Waals surface area contributed by atoms with Crippen LogP contribution in [-0.2, 0) is 55.5 Å². The molecule has 2 aromatic heterocycles. The van der Waals surface area contributed by atoms with E-state index in [0.29, 0.717) is 32.1 Å². The molecule has 1 aliphatic heterocycles. The fraction of sp³-hybridized carbons (Fsp3) is 0.537. The zero-order valence-corrected chi connectivity index (χ0v) is 43.0. The van der Waals surface area contributed by atoms with Crippen molar-refractivity contribution in [3.8, 4) is 0 Å². The van der Waals surface area contributed by atoms with E-state index in [0.717, 1.165) is 29.0 Å². The Morgan fingerprint density at radius 1 is 0.904 bits per heavy atom. The highest BCUT2D eigenvalue weighted by Crippen LogP contribution is 2.61. The number of hydrogen-bond acceptors (Lipinski definition) is 21. The van der Waals surface area contributed by atoms with Gasteiger partial charge in [-0.05, 0) is 38.2 Å². The maximum atomic E-state index is 12.7. The SMILES string of the molecule is CC(C)(COP(=O)(O)OP(=O)(O)OCC1OC(n2cnc3c(N)ncnc32)C(O)C1OP(=O)(O)O)C(O)C(=O)NCCC(=O)NCCSC(=O)/C=C/CC/C=C/CC(O)/C=C/C=C/C=C/C(O)CCCC(=O)O. The average molecular weight is 1110 g/mol. The number of nitrogens with zero attached hydrogens (tertiary/aromatic N) is 4. The molecule has 408 valence electrons. The second kappa shape index (κ2) is 30.3. The van der Waals surface area contributed by atoms with Crippen LogP contribution in [0.3, 0.4) is 0 Å². The normalized spacial score (nSPS) is 20.8. The summed E-state index contributed by atoms with van der Waals surface area (Å²) in [4.78, 5) is 98.8. The fourth-order valence-corrected chi connectivity index (χ4v) is 9.63. The van der Waals surface area contributed by atoms with Gasteiger partial charge in [0.25, 0.3) is 0 Å². The number of hydrogen-bond donors (Lipinski definition) is 12. The number of carbonyl (C=O) groups excluding carboxylic acids is 3. The molecule has 9 atom stereocenters. The monoisotopic (exact) mass is 1110 g/mol. The summed E-state index contributed by atoms with van der Waals surface area (Å²) in [7, 11) is -16.5. The number of carboxylic acids is 1. The number of thioether (sulfide) groups is 1. The van der Waals surface area contributed by atoms with Crippen molar-refractivity contribution >= 4 is 75.1 Å². The third-order valence-electron chi connectivity index (χ3n) is 9.93. The van der Waals surface area contributed by atoms with E-state index in [2.05, 4.69) is 34.4 Å². The molecular formula is C41H62N7O21P3S. The number of nitrogen functional groups attached to an aromatic ring is 1. The zero-order chi connectivity index (χ0) is 54.4. The maximum absolute atomic E-state index is 12.7. The number of carboxylic acid groups (broad SMARTS) is 1. The van der Waals surface area contributed by atoms with Crippen LogP contribution >= 0.6 is 35.2 Å². The highest BCUT2D eigenvalue weighted by molar-refractivity contribution is 8.14. The molecule has 0 radical (unpaired) electrons. The van der Waals surface area contributed by atoms with Crippen LogP contribution in [0, 0.1) is 5.41 Å². The van der Waals surface area contributed by atoms with Gasteiger partial charge in [-0.15, -0.1) is 0 Å². The molecule has 1 saturated heterocycles. The number of phosphoric ester groups is 3. The van der Waals surface area contributed by atoms with Crippen LogP contribution in [0.25, 0.3) is 11.2 Å². The Morgan fingerprint density at radius 2 is 1.58 bits per heavy atom. The van der Waals surface area contributed by atoms with Gasteiger partial charge in [-0.3, -0.25) is 37.3 Å². The number of fused-ring (bicyclic) bond motifs is 1. The van der Waals surface area contributed by atoms with Crippen molar-refractivity contribution in [1.29, 1.82) is 0 Å². The van der Waals surface area contributed by atoms with E-state index in [1.54, 1.807) is 42.5 Å². The zero-order valence-electron chi connectivity index (χ0n) is 39.5.